The normalized spacial score (nSPS) is 10.5. The van der Waals surface area contributed by atoms with Crippen LogP contribution in [0.25, 0.3) is 6.08 Å². The van der Waals surface area contributed by atoms with Crippen LogP contribution in [0, 0.1) is 0 Å². The van der Waals surface area contributed by atoms with Crippen LogP contribution in [0.2, 0.25) is 0 Å². The molecule has 0 bridgehead atoms. The molecule has 0 atom stereocenters. The Hall–Kier alpha value is -2.55. The molecule has 0 aliphatic rings. The summed E-state index contributed by atoms with van der Waals surface area (Å²) in [5.41, 5.74) is 2.00. The van der Waals surface area contributed by atoms with Crippen molar-refractivity contribution in [2.45, 2.75) is 6.42 Å². The van der Waals surface area contributed by atoms with Crippen molar-refractivity contribution >= 4 is 12.0 Å². The van der Waals surface area contributed by atoms with E-state index in [9.17, 15) is 4.79 Å². The van der Waals surface area contributed by atoms with Crippen molar-refractivity contribution in [3.05, 3.63) is 71.8 Å². The third-order valence-corrected chi connectivity index (χ3v) is 3.02. The Bertz CT molecular complexity index is 603. The van der Waals surface area contributed by atoms with Crippen LogP contribution in [0.4, 0.5) is 0 Å². The van der Waals surface area contributed by atoms with Crippen molar-refractivity contribution in [2.24, 2.45) is 0 Å². The highest BCUT2D eigenvalue weighted by Crippen LogP contribution is 2.18. The Balaban J connectivity index is 1.83. The van der Waals surface area contributed by atoms with Crippen LogP contribution in [-0.4, -0.2) is 19.7 Å². The molecule has 3 nitrogen and oxygen atoms in total. The van der Waals surface area contributed by atoms with E-state index in [4.69, 9.17) is 9.47 Å². The number of esters is 1. The highest BCUT2D eigenvalue weighted by molar-refractivity contribution is 5.87. The van der Waals surface area contributed by atoms with E-state index in [0.29, 0.717) is 6.61 Å². The lowest BCUT2D eigenvalue weighted by Crippen LogP contribution is -2.04. The van der Waals surface area contributed by atoms with E-state index in [1.807, 2.05) is 54.6 Å². The van der Waals surface area contributed by atoms with E-state index in [2.05, 4.69) is 0 Å². The first-order chi connectivity index (χ1) is 10.3. The zero-order valence-corrected chi connectivity index (χ0v) is 12.0. The van der Waals surface area contributed by atoms with E-state index in [0.717, 1.165) is 23.3 Å². The summed E-state index contributed by atoms with van der Waals surface area (Å²) in [6, 6.07) is 17.4. The molecule has 21 heavy (non-hydrogen) atoms. The average molecular weight is 282 g/mol. The van der Waals surface area contributed by atoms with Gasteiger partial charge in [-0.15, -0.1) is 0 Å². The first-order valence-corrected chi connectivity index (χ1v) is 6.81. The summed E-state index contributed by atoms with van der Waals surface area (Å²) in [6.45, 7) is 0.374. The minimum atomic E-state index is -0.350. The molecular weight excluding hydrogens is 264 g/mol. The second-order valence-corrected chi connectivity index (χ2v) is 4.48. The molecule has 0 aliphatic carbocycles. The molecule has 108 valence electrons. The Kier molecular flexibility index (Phi) is 5.59. The van der Waals surface area contributed by atoms with Gasteiger partial charge in [-0.05, 0) is 17.7 Å². The fourth-order valence-corrected chi connectivity index (χ4v) is 1.92. The summed E-state index contributed by atoms with van der Waals surface area (Å²) in [5, 5.41) is 0. The van der Waals surface area contributed by atoms with Gasteiger partial charge in [0.05, 0.1) is 13.7 Å². The quantitative estimate of drug-likeness (QED) is 0.601. The van der Waals surface area contributed by atoms with Gasteiger partial charge in [0, 0.05) is 18.1 Å². The molecule has 0 aliphatic heterocycles. The number of carbonyl (C=O) groups is 1. The van der Waals surface area contributed by atoms with Gasteiger partial charge in [-0.1, -0.05) is 48.5 Å². The zero-order valence-electron chi connectivity index (χ0n) is 12.0. The van der Waals surface area contributed by atoms with Gasteiger partial charge < -0.3 is 9.47 Å². The SMILES string of the molecule is COc1ccccc1/C=C/C(=O)OCCc1ccccc1. The van der Waals surface area contributed by atoms with Crippen LogP contribution in [-0.2, 0) is 16.0 Å². The smallest absolute Gasteiger partial charge is 0.330 e. The molecule has 0 spiro atoms. The minimum absolute atomic E-state index is 0.350. The highest BCUT2D eigenvalue weighted by Gasteiger charge is 2.00. The average Bonchev–Trinajstić information content (AvgIpc) is 2.54. The molecule has 0 radical (unpaired) electrons. The molecule has 0 amide bonds. The Morgan fingerprint density at radius 2 is 1.76 bits per heavy atom. The summed E-state index contributed by atoms with van der Waals surface area (Å²) in [5.74, 6) is 0.377. The Morgan fingerprint density at radius 3 is 2.52 bits per heavy atom. The standard InChI is InChI=1S/C18H18O3/c1-20-17-10-6-5-9-16(17)11-12-18(19)21-14-13-15-7-3-2-4-8-15/h2-12H,13-14H2,1H3/b12-11+. The predicted octanol–water partition coefficient (Wildman–Crippen LogP) is 3.49. The van der Waals surface area contributed by atoms with Gasteiger partial charge in [0.15, 0.2) is 0 Å². The molecule has 0 fully saturated rings. The second-order valence-electron chi connectivity index (χ2n) is 4.48. The molecule has 0 saturated heterocycles. The van der Waals surface area contributed by atoms with E-state index < -0.39 is 0 Å². The van der Waals surface area contributed by atoms with Gasteiger partial charge in [0.1, 0.15) is 5.75 Å². The number of benzene rings is 2. The van der Waals surface area contributed by atoms with Crippen molar-refractivity contribution < 1.29 is 14.3 Å². The van der Waals surface area contributed by atoms with Gasteiger partial charge in [-0.3, -0.25) is 0 Å². The summed E-state index contributed by atoms with van der Waals surface area (Å²) in [7, 11) is 1.60. The van der Waals surface area contributed by atoms with Crippen molar-refractivity contribution in [3.8, 4) is 5.75 Å². The maximum absolute atomic E-state index is 11.7. The number of methoxy groups -OCH3 is 1. The summed E-state index contributed by atoms with van der Waals surface area (Å²) >= 11 is 0. The maximum Gasteiger partial charge on any atom is 0.330 e. The van der Waals surface area contributed by atoms with E-state index in [-0.39, 0.29) is 5.97 Å². The van der Waals surface area contributed by atoms with Crippen molar-refractivity contribution in [1.82, 2.24) is 0 Å². The molecule has 0 N–H and O–H groups in total. The predicted molar refractivity (Wildman–Crippen MR) is 83.1 cm³/mol. The first kappa shape index (κ1) is 14.9. The second kappa shape index (κ2) is 7.90. The van der Waals surface area contributed by atoms with E-state index in [1.165, 1.54) is 6.08 Å². The van der Waals surface area contributed by atoms with Crippen LogP contribution >= 0.6 is 0 Å². The number of ether oxygens (including phenoxy) is 2. The summed E-state index contributed by atoms with van der Waals surface area (Å²) in [6.07, 6.45) is 3.83. The number of rotatable bonds is 6. The topological polar surface area (TPSA) is 35.5 Å². The fraction of sp³-hybridized carbons (Fsp3) is 0.167. The van der Waals surface area contributed by atoms with Crippen molar-refractivity contribution in [3.63, 3.8) is 0 Å². The van der Waals surface area contributed by atoms with Crippen LogP contribution < -0.4 is 4.74 Å². The molecule has 0 heterocycles. The molecular formula is C18H18O3. The van der Waals surface area contributed by atoms with Crippen LogP contribution in [0.3, 0.4) is 0 Å². The third kappa shape index (κ3) is 4.80. The molecule has 2 aromatic carbocycles. The van der Waals surface area contributed by atoms with Gasteiger partial charge in [0.2, 0.25) is 0 Å². The van der Waals surface area contributed by atoms with E-state index >= 15 is 0 Å². The van der Waals surface area contributed by atoms with Gasteiger partial charge in [-0.25, -0.2) is 4.79 Å². The van der Waals surface area contributed by atoms with Crippen molar-refractivity contribution in [2.75, 3.05) is 13.7 Å². The van der Waals surface area contributed by atoms with Crippen LogP contribution in [0.1, 0.15) is 11.1 Å². The monoisotopic (exact) mass is 282 g/mol. The van der Waals surface area contributed by atoms with Crippen LogP contribution in [0.5, 0.6) is 5.75 Å². The Morgan fingerprint density at radius 1 is 1.05 bits per heavy atom. The molecule has 0 saturated carbocycles. The lowest BCUT2D eigenvalue weighted by molar-refractivity contribution is -0.137. The molecule has 2 aromatic rings. The van der Waals surface area contributed by atoms with Gasteiger partial charge in [-0.2, -0.15) is 0 Å². The molecule has 0 aromatic heterocycles. The third-order valence-electron chi connectivity index (χ3n) is 3.02. The molecule has 0 unspecified atom stereocenters. The summed E-state index contributed by atoms with van der Waals surface area (Å²) < 4.78 is 10.4. The lowest BCUT2D eigenvalue weighted by Gasteiger charge is -2.04. The number of hydrogen-bond donors (Lipinski definition) is 0. The highest BCUT2D eigenvalue weighted by atomic mass is 16.5. The fourth-order valence-electron chi connectivity index (χ4n) is 1.92. The maximum atomic E-state index is 11.7. The minimum Gasteiger partial charge on any atom is -0.496 e. The lowest BCUT2D eigenvalue weighted by atomic mass is 10.2. The summed E-state index contributed by atoms with van der Waals surface area (Å²) in [4.78, 5) is 11.7. The Labute approximate surface area is 124 Å². The largest absolute Gasteiger partial charge is 0.496 e. The van der Waals surface area contributed by atoms with Gasteiger partial charge in [0.25, 0.3) is 0 Å². The molecule has 2 rings (SSSR count). The van der Waals surface area contributed by atoms with E-state index in [1.54, 1.807) is 13.2 Å². The number of hydrogen-bond acceptors (Lipinski definition) is 3. The first-order valence-electron chi connectivity index (χ1n) is 6.81. The molecule has 3 heteroatoms. The number of para-hydroxylation sites is 1. The number of carbonyl (C=O) groups excluding carboxylic acids is 1. The zero-order chi connectivity index (χ0) is 14.9. The van der Waals surface area contributed by atoms with Crippen molar-refractivity contribution in [1.29, 1.82) is 0 Å². The van der Waals surface area contributed by atoms with Gasteiger partial charge >= 0.3 is 5.97 Å². The van der Waals surface area contributed by atoms with Crippen LogP contribution in [0.15, 0.2) is 60.7 Å².